The molecule has 0 spiro atoms. The number of nitrogens with zero attached hydrogens (tertiary/aromatic N) is 2. The molecule has 1 aliphatic rings. The molecule has 1 N–H and O–H groups in total. The molecule has 12 heteroatoms. The molecule has 1 saturated heterocycles. The molecule has 0 atom stereocenters. The number of nitrogens with one attached hydrogen (secondary N) is 1. The van der Waals surface area contributed by atoms with Crippen molar-refractivity contribution in [2.75, 3.05) is 31.3 Å². The van der Waals surface area contributed by atoms with Crippen molar-refractivity contribution in [3.05, 3.63) is 51.7 Å². The zero-order valence-electron chi connectivity index (χ0n) is 19.2. The van der Waals surface area contributed by atoms with Crippen molar-refractivity contribution in [1.29, 1.82) is 0 Å². The second-order valence-electron chi connectivity index (χ2n) is 8.48. The largest absolute Gasteiger partial charge is 0.350 e. The zero-order valence-corrected chi connectivity index (χ0v) is 22.4. The van der Waals surface area contributed by atoms with Crippen molar-refractivity contribution >= 4 is 48.7 Å². The lowest BCUT2D eigenvalue weighted by Gasteiger charge is -2.39. The first-order valence-corrected chi connectivity index (χ1v) is 15.5. The first-order valence-electron chi connectivity index (χ1n) is 11.0. The molecule has 188 valence electrons. The van der Waals surface area contributed by atoms with Gasteiger partial charge in [0.25, 0.3) is 5.91 Å². The Morgan fingerprint density at radius 2 is 1.76 bits per heavy atom. The van der Waals surface area contributed by atoms with Crippen molar-refractivity contribution in [3.8, 4) is 0 Å². The number of carbonyl (C=O) groups is 1. The van der Waals surface area contributed by atoms with Gasteiger partial charge in [0.1, 0.15) is 5.88 Å². The highest BCUT2D eigenvalue weighted by atomic mass is 35.5. The van der Waals surface area contributed by atoms with Gasteiger partial charge in [-0.25, -0.2) is 16.8 Å². The van der Waals surface area contributed by atoms with Crippen LogP contribution in [-0.2, 0) is 19.9 Å². The zero-order chi connectivity index (χ0) is 24.9. The standard InChI is InChI=1S/C22H30ClN3O5S3/c1-17(2)25-13-10-18(11-14-25)26(16-33(28,29)19-6-4-3-5-7-19)34(30,31)15-12-24-22(27)20-8-9-21(23)32-20/h3-9,17-18H,10-16H2,1-2H3,(H,24,27). The molecular formula is C22H30ClN3O5S3. The molecule has 0 bridgehead atoms. The Balaban J connectivity index is 1.75. The summed E-state index contributed by atoms with van der Waals surface area (Å²) in [7, 11) is -7.85. The van der Waals surface area contributed by atoms with Gasteiger partial charge in [0.2, 0.25) is 10.0 Å². The van der Waals surface area contributed by atoms with Crippen molar-refractivity contribution in [2.45, 2.75) is 43.7 Å². The molecule has 1 fully saturated rings. The van der Waals surface area contributed by atoms with Gasteiger partial charge in [0.15, 0.2) is 9.84 Å². The van der Waals surface area contributed by atoms with E-state index in [-0.39, 0.29) is 11.4 Å². The highest BCUT2D eigenvalue weighted by Gasteiger charge is 2.36. The number of rotatable bonds is 10. The van der Waals surface area contributed by atoms with E-state index in [2.05, 4.69) is 24.1 Å². The van der Waals surface area contributed by atoms with Gasteiger partial charge in [-0.1, -0.05) is 29.8 Å². The quantitative estimate of drug-likeness (QED) is 0.490. The van der Waals surface area contributed by atoms with Crippen LogP contribution < -0.4 is 5.32 Å². The van der Waals surface area contributed by atoms with Gasteiger partial charge in [-0.2, -0.15) is 4.31 Å². The Kier molecular flexibility index (Phi) is 9.16. The lowest BCUT2D eigenvalue weighted by molar-refractivity contribution is 0.0960. The molecule has 8 nitrogen and oxygen atoms in total. The number of thiophene rings is 1. The monoisotopic (exact) mass is 547 g/mol. The van der Waals surface area contributed by atoms with Crippen LogP contribution in [0, 0.1) is 0 Å². The number of halogens is 1. The van der Waals surface area contributed by atoms with Gasteiger partial charge >= 0.3 is 0 Å². The fourth-order valence-corrected chi connectivity index (χ4v) is 8.45. The normalized spacial score (nSPS) is 16.3. The van der Waals surface area contributed by atoms with Crippen LogP contribution in [0.1, 0.15) is 36.4 Å². The van der Waals surface area contributed by atoms with E-state index in [1.807, 2.05) is 0 Å². The summed E-state index contributed by atoms with van der Waals surface area (Å²) in [4.78, 5) is 15.0. The van der Waals surface area contributed by atoms with E-state index >= 15 is 0 Å². The van der Waals surface area contributed by atoms with Gasteiger partial charge in [0.05, 0.1) is 19.9 Å². The first-order chi connectivity index (χ1) is 16.0. The maximum atomic E-state index is 13.4. The summed E-state index contributed by atoms with van der Waals surface area (Å²) in [5.41, 5.74) is 0. The number of hydrogen-bond donors (Lipinski definition) is 1. The number of sulfone groups is 1. The Bertz CT molecular complexity index is 1180. The predicted molar refractivity (Wildman–Crippen MR) is 136 cm³/mol. The van der Waals surface area contributed by atoms with Crippen molar-refractivity contribution in [1.82, 2.24) is 14.5 Å². The lowest BCUT2D eigenvalue weighted by atomic mass is 10.0. The molecule has 0 radical (unpaired) electrons. The third-order valence-corrected chi connectivity index (χ3v) is 10.7. The summed E-state index contributed by atoms with van der Waals surface area (Å²) in [5, 5.41) is 2.59. The van der Waals surface area contributed by atoms with Crippen molar-refractivity contribution in [2.24, 2.45) is 0 Å². The van der Waals surface area contributed by atoms with Crippen LogP contribution in [0.5, 0.6) is 0 Å². The second kappa shape index (κ2) is 11.5. The topological polar surface area (TPSA) is 104 Å². The average Bonchev–Trinajstić information content (AvgIpc) is 3.24. The number of hydrogen-bond acceptors (Lipinski definition) is 7. The van der Waals surface area contributed by atoms with Crippen molar-refractivity contribution < 1.29 is 21.6 Å². The highest BCUT2D eigenvalue weighted by molar-refractivity contribution is 7.93. The Hall–Kier alpha value is -1.50. The second-order valence-corrected chi connectivity index (χ2v) is 14.2. The number of amides is 1. The van der Waals surface area contributed by atoms with Crippen LogP contribution >= 0.6 is 22.9 Å². The third-order valence-electron chi connectivity index (χ3n) is 5.84. The first kappa shape index (κ1) is 27.1. The minimum atomic E-state index is -3.98. The smallest absolute Gasteiger partial charge is 0.261 e. The molecule has 0 unspecified atom stereocenters. The summed E-state index contributed by atoms with van der Waals surface area (Å²) in [6.45, 7) is 5.41. The summed E-state index contributed by atoms with van der Waals surface area (Å²) in [5.74, 6) is -1.44. The van der Waals surface area contributed by atoms with Crippen LogP contribution in [0.3, 0.4) is 0 Å². The number of likely N-dealkylation sites (tertiary alicyclic amines) is 1. The van der Waals surface area contributed by atoms with E-state index in [0.29, 0.717) is 41.2 Å². The van der Waals surface area contributed by atoms with Gasteiger partial charge in [-0.05, 0) is 64.0 Å². The van der Waals surface area contributed by atoms with Crippen LogP contribution in [0.2, 0.25) is 4.34 Å². The summed E-state index contributed by atoms with van der Waals surface area (Å²) in [6.07, 6.45) is 1.09. The molecule has 34 heavy (non-hydrogen) atoms. The molecule has 1 aromatic heterocycles. The number of carbonyl (C=O) groups excluding carboxylic acids is 1. The van der Waals surface area contributed by atoms with E-state index in [1.54, 1.807) is 30.3 Å². The Morgan fingerprint density at radius 3 is 2.32 bits per heavy atom. The Labute approximate surface area is 210 Å². The maximum absolute atomic E-state index is 13.4. The molecule has 1 aromatic carbocycles. The molecule has 1 aliphatic heterocycles. The van der Waals surface area contributed by atoms with E-state index < -0.39 is 43.4 Å². The fraction of sp³-hybridized carbons (Fsp3) is 0.500. The van der Waals surface area contributed by atoms with Gasteiger partial charge < -0.3 is 10.2 Å². The number of sulfonamides is 1. The summed E-state index contributed by atoms with van der Waals surface area (Å²) < 4.78 is 54.4. The maximum Gasteiger partial charge on any atom is 0.261 e. The number of piperidine rings is 1. The predicted octanol–water partition coefficient (Wildman–Crippen LogP) is 3.07. The van der Waals surface area contributed by atoms with Gasteiger partial charge in [0, 0.05) is 18.6 Å². The van der Waals surface area contributed by atoms with Gasteiger partial charge in [-0.3, -0.25) is 4.79 Å². The molecule has 2 aromatic rings. The molecule has 2 heterocycles. The van der Waals surface area contributed by atoms with E-state index in [9.17, 15) is 21.6 Å². The molecule has 0 saturated carbocycles. The van der Waals surface area contributed by atoms with Crippen LogP contribution in [0.25, 0.3) is 0 Å². The van der Waals surface area contributed by atoms with Crippen LogP contribution in [-0.4, -0.2) is 75.3 Å². The van der Waals surface area contributed by atoms with Gasteiger partial charge in [-0.15, -0.1) is 11.3 Å². The minimum absolute atomic E-state index is 0.0812. The van der Waals surface area contributed by atoms with E-state index in [4.69, 9.17) is 11.6 Å². The molecular weight excluding hydrogens is 518 g/mol. The van der Waals surface area contributed by atoms with Crippen molar-refractivity contribution in [3.63, 3.8) is 0 Å². The average molecular weight is 548 g/mol. The van der Waals surface area contributed by atoms with Crippen LogP contribution in [0.15, 0.2) is 47.4 Å². The van der Waals surface area contributed by atoms with Crippen LogP contribution in [0.4, 0.5) is 0 Å². The SMILES string of the molecule is CC(C)N1CCC(N(CS(=O)(=O)c2ccccc2)S(=O)(=O)CCNC(=O)c2ccc(Cl)s2)CC1. The lowest BCUT2D eigenvalue weighted by Crippen LogP contribution is -2.51. The summed E-state index contributed by atoms with van der Waals surface area (Å²) >= 11 is 6.96. The third kappa shape index (κ3) is 7.02. The molecule has 1 amide bonds. The Morgan fingerprint density at radius 1 is 1.12 bits per heavy atom. The highest BCUT2D eigenvalue weighted by Crippen LogP contribution is 2.24. The molecule has 0 aliphatic carbocycles. The number of benzene rings is 1. The minimum Gasteiger partial charge on any atom is -0.350 e. The van der Waals surface area contributed by atoms with E-state index in [0.717, 1.165) is 15.6 Å². The molecule has 3 rings (SSSR count). The fourth-order valence-electron chi connectivity index (χ4n) is 3.91. The summed E-state index contributed by atoms with van der Waals surface area (Å²) in [6, 6.07) is 10.9. The van der Waals surface area contributed by atoms with E-state index in [1.165, 1.54) is 12.1 Å².